The van der Waals surface area contributed by atoms with Crippen LogP contribution < -0.4 is 0 Å². The van der Waals surface area contributed by atoms with Crippen molar-refractivity contribution in [3.8, 4) is 0 Å². The van der Waals surface area contributed by atoms with Gasteiger partial charge in [0.2, 0.25) is 11.8 Å². The number of carbonyl (C=O) groups is 3. The van der Waals surface area contributed by atoms with Crippen LogP contribution in [0.2, 0.25) is 0 Å². The first-order chi connectivity index (χ1) is 15.3. The van der Waals surface area contributed by atoms with Crippen LogP contribution in [0, 0.1) is 11.8 Å². The van der Waals surface area contributed by atoms with E-state index in [1.54, 1.807) is 33.7 Å². The first-order valence-electron chi connectivity index (χ1n) is 11.6. The second-order valence-electron chi connectivity index (χ2n) is 9.16. The number of nitrogens with zero attached hydrogens (tertiary/aromatic N) is 2. The third-order valence-corrected chi connectivity index (χ3v) is 9.07. The topological polar surface area (TPSA) is 87.1 Å². The number of fused-ring (bicyclic) bond motifs is 1. The summed E-state index contributed by atoms with van der Waals surface area (Å²) in [4.78, 5) is 44.1. The van der Waals surface area contributed by atoms with Crippen LogP contribution >= 0.6 is 11.8 Å². The van der Waals surface area contributed by atoms with Gasteiger partial charge in [-0.05, 0) is 39.5 Å². The summed E-state index contributed by atoms with van der Waals surface area (Å²) < 4.78 is 4.82. The van der Waals surface area contributed by atoms with E-state index < -0.39 is 28.7 Å². The SMILES string of the molecule is C=CCCOC(=O)[C@@H]1[C@H]2C(=O)N([C@@H](CC)CO)C(C(=O)N(CC=C)C(C)C)C23CC[C@H]1S3. The lowest BCUT2D eigenvalue weighted by Crippen LogP contribution is -2.58. The highest BCUT2D eigenvalue weighted by Gasteiger charge is 2.74. The predicted molar refractivity (Wildman–Crippen MR) is 125 cm³/mol. The van der Waals surface area contributed by atoms with E-state index in [9.17, 15) is 19.5 Å². The van der Waals surface area contributed by atoms with Crippen LogP contribution in [0.5, 0.6) is 0 Å². The summed E-state index contributed by atoms with van der Waals surface area (Å²) in [7, 11) is 0. The molecule has 2 amide bonds. The summed E-state index contributed by atoms with van der Waals surface area (Å²) in [6.07, 6.45) is 5.93. The van der Waals surface area contributed by atoms with Crippen molar-refractivity contribution in [3.05, 3.63) is 25.3 Å². The number of esters is 1. The van der Waals surface area contributed by atoms with Gasteiger partial charge in [0.05, 0.1) is 35.8 Å². The Morgan fingerprint density at radius 1 is 1.38 bits per heavy atom. The monoisotopic (exact) mass is 464 g/mol. The minimum absolute atomic E-state index is 0.0289. The number of rotatable bonds is 11. The summed E-state index contributed by atoms with van der Waals surface area (Å²) in [6.45, 7) is 13.6. The van der Waals surface area contributed by atoms with Gasteiger partial charge >= 0.3 is 5.97 Å². The molecule has 0 aromatic carbocycles. The lowest BCUT2D eigenvalue weighted by atomic mass is 9.71. The number of thioether (sulfide) groups is 1. The fraction of sp³-hybridized carbons (Fsp3) is 0.708. The molecular weight excluding hydrogens is 428 g/mol. The molecule has 32 heavy (non-hydrogen) atoms. The van der Waals surface area contributed by atoms with E-state index in [2.05, 4.69) is 13.2 Å². The number of likely N-dealkylation sites (tertiary alicyclic amines) is 1. The van der Waals surface area contributed by atoms with Gasteiger partial charge in [-0.15, -0.1) is 24.9 Å². The molecule has 1 spiro atoms. The fourth-order valence-electron chi connectivity index (χ4n) is 5.64. The molecule has 0 aromatic heterocycles. The Kier molecular flexibility index (Phi) is 7.76. The van der Waals surface area contributed by atoms with Crippen molar-refractivity contribution >= 4 is 29.5 Å². The maximum Gasteiger partial charge on any atom is 0.310 e. The molecule has 8 heteroatoms. The summed E-state index contributed by atoms with van der Waals surface area (Å²) in [5.74, 6) is -1.85. The Hall–Kier alpha value is -1.80. The molecule has 3 fully saturated rings. The van der Waals surface area contributed by atoms with Crippen molar-refractivity contribution in [2.24, 2.45) is 11.8 Å². The largest absolute Gasteiger partial charge is 0.465 e. The van der Waals surface area contributed by atoms with Crippen LogP contribution in [0.1, 0.15) is 46.5 Å². The molecule has 2 bridgehead atoms. The van der Waals surface area contributed by atoms with E-state index in [0.717, 1.165) is 6.42 Å². The average Bonchev–Trinajstić information content (AvgIpc) is 3.40. The zero-order valence-corrected chi connectivity index (χ0v) is 20.2. The van der Waals surface area contributed by atoms with Crippen LogP contribution in [0.25, 0.3) is 0 Å². The summed E-state index contributed by atoms with van der Waals surface area (Å²) >= 11 is 1.62. The Balaban J connectivity index is 2.03. The number of aliphatic hydroxyl groups is 1. The molecule has 0 aliphatic carbocycles. The van der Waals surface area contributed by atoms with Gasteiger partial charge in [0.25, 0.3) is 0 Å². The number of amides is 2. The smallest absolute Gasteiger partial charge is 0.310 e. The Morgan fingerprint density at radius 3 is 2.66 bits per heavy atom. The molecule has 3 heterocycles. The number of hydrogen-bond acceptors (Lipinski definition) is 6. The van der Waals surface area contributed by atoms with Gasteiger partial charge < -0.3 is 19.6 Å². The lowest BCUT2D eigenvalue weighted by molar-refractivity contribution is -0.154. The Morgan fingerprint density at radius 2 is 2.09 bits per heavy atom. The summed E-state index contributed by atoms with van der Waals surface area (Å²) in [5.41, 5.74) is 0. The van der Waals surface area contributed by atoms with Crippen LogP contribution in [0.15, 0.2) is 25.3 Å². The molecular formula is C24H36N2O5S. The predicted octanol–water partition coefficient (Wildman–Crippen LogP) is 2.39. The van der Waals surface area contributed by atoms with Crippen molar-refractivity contribution in [1.82, 2.24) is 9.80 Å². The average molecular weight is 465 g/mol. The van der Waals surface area contributed by atoms with Gasteiger partial charge in [-0.3, -0.25) is 14.4 Å². The molecule has 178 valence electrons. The molecule has 3 aliphatic heterocycles. The Labute approximate surface area is 195 Å². The maximum absolute atomic E-state index is 13.9. The molecule has 3 rings (SSSR count). The normalized spacial score (nSPS) is 31.5. The molecule has 2 unspecified atom stereocenters. The van der Waals surface area contributed by atoms with Gasteiger partial charge in [-0.2, -0.15) is 0 Å². The van der Waals surface area contributed by atoms with E-state index in [0.29, 0.717) is 25.8 Å². The standard InChI is InChI=1S/C24H36N2O5S/c1-6-9-13-31-23(30)18-17-10-11-24(32-17)19(18)21(28)26(16(8-3)14-27)20(24)22(29)25(12-7-2)15(4)5/h6-7,15-20,27H,1-2,8-14H2,3-5H3/t16-,17+,18-,19-,20?,24?/m0/s1. The highest BCUT2D eigenvalue weighted by atomic mass is 32.2. The van der Waals surface area contributed by atoms with Gasteiger partial charge in [0.1, 0.15) is 6.04 Å². The summed E-state index contributed by atoms with van der Waals surface area (Å²) in [5, 5.41) is 10.0. The first kappa shape index (κ1) is 24.8. The van der Waals surface area contributed by atoms with E-state index in [-0.39, 0.29) is 42.3 Å². The first-order valence-corrected chi connectivity index (χ1v) is 12.5. The number of aliphatic hydroxyl groups excluding tert-OH is 1. The zero-order chi connectivity index (χ0) is 23.6. The van der Waals surface area contributed by atoms with Gasteiger partial charge in [-0.1, -0.05) is 19.1 Å². The molecule has 0 saturated carbocycles. The summed E-state index contributed by atoms with van der Waals surface area (Å²) in [6, 6.07) is -1.24. The Bertz CT molecular complexity index is 767. The number of carbonyl (C=O) groups excluding carboxylic acids is 3. The molecule has 0 radical (unpaired) electrons. The highest BCUT2D eigenvalue weighted by molar-refractivity contribution is 8.02. The van der Waals surface area contributed by atoms with Crippen LogP contribution in [-0.2, 0) is 19.1 Å². The van der Waals surface area contributed by atoms with Crippen molar-refractivity contribution in [2.45, 2.75) is 74.6 Å². The zero-order valence-electron chi connectivity index (χ0n) is 19.4. The fourth-order valence-corrected chi connectivity index (χ4v) is 7.82. The van der Waals surface area contributed by atoms with Crippen molar-refractivity contribution in [3.63, 3.8) is 0 Å². The lowest BCUT2D eigenvalue weighted by Gasteiger charge is -2.40. The quantitative estimate of drug-likeness (QED) is 0.287. The van der Waals surface area contributed by atoms with E-state index in [1.165, 1.54) is 0 Å². The second-order valence-corrected chi connectivity index (χ2v) is 10.8. The number of hydrogen-bond donors (Lipinski definition) is 1. The third-order valence-electron chi connectivity index (χ3n) is 7.12. The van der Waals surface area contributed by atoms with Gasteiger partial charge in [-0.25, -0.2) is 0 Å². The van der Waals surface area contributed by atoms with Crippen molar-refractivity contribution in [2.75, 3.05) is 19.8 Å². The minimum Gasteiger partial charge on any atom is -0.465 e. The highest BCUT2D eigenvalue weighted by Crippen LogP contribution is 2.67. The molecule has 3 saturated heterocycles. The van der Waals surface area contributed by atoms with Crippen molar-refractivity contribution < 1.29 is 24.2 Å². The molecule has 1 N–H and O–H groups in total. The van der Waals surface area contributed by atoms with E-state index >= 15 is 0 Å². The number of ether oxygens (including phenoxy) is 1. The van der Waals surface area contributed by atoms with E-state index in [4.69, 9.17) is 4.74 Å². The second kappa shape index (κ2) is 10.00. The van der Waals surface area contributed by atoms with Gasteiger partial charge in [0, 0.05) is 17.8 Å². The van der Waals surface area contributed by atoms with Crippen LogP contribution in [-0.4, -0.2) is 80.6 Å². The maximum atomic E-state index is 13.9. The minimum atomic E-state index is -0.708. The van der Waals surface area contributed by atoms with Crippen LogP contribution in [0.3, 0.4) is 0 Å². The third kappa shape index (κ3) is 3.89. The van der Waals surface area contributed by atoms with Gasteiger partial charge in [0.15, 0.2) is 0 Å². The molecule has 3 aliphatic rings. The molecule has 7 nitrogen and oxygen atoms in total. The molecule has 6 atom stereocenters. The molecule has 0 aromatic rings. The van der Waals surface area contributed by atoms with Crippen molar-refractivity contribution in [1.29, 1.82) is 0 Å². The van der Waals surface area contributed by atoms with E-state index in [1.807, 2.05) is 20.8 Å². The van der Waals surface area contributed by atoms with Crippen LogP contribution in [0.4, 0.5) is 0 Å².